The van der Waals surface area contributed by atoms with Gasteiger partial charge in [0.05, 0.1) is 19.3 Å². The number of nitrogens with zero attached hydrogens (tertiary/aromatic N) is 1. The second-order valence-electron chi connectivity index (χ2n) is 10.9. The molecule has 5 N–H and O–H groups in total. The number of rotatable bonds is 16. The minimum atomic E-state index is -1.07. The normalized spacial score (nSPS) is 12.3. The van der Waals surface area contributed by atoms with Crippen molar-refractivity contribution in [2.45, 2.75) is 58.7 Å². The number of nitrogens with one attached hydrogen (secondary N) is 2. The predicted octanol–water partition coefficient (Wildman–Crippen LogP) is 4.00. The van der Waals surface area contributed by atoms with Gasteiger partial charge in [-0.25, -0.2) is 4.39 Å². The summed E-state index contributed by atoms with van der Waals surface area (Å²) in [5.74, 6) is -1.37. The van der Waals surface area contributed by atoms with E-state index in [0.29, 0.717) is 36.5 Å². The van der Waals surface area contributed by atoms with E-state index < -0.39 is 24.0 Å². The Hall–Kier alpha value is -4.28. The molecular weight excluding hydrogens is 563 g/mol. The lowest BCUT2D eigenvalue weighted by Crippen LogP contribution is -2.48. The molecule has 9 nitrogen and oxygen atoms in total. The molecule has 0 saturated heterocycles. The molecule has 0 aromatic heterocycles. The zero-order chi connectivity index (χ0) is 32.2. The second kappa shape index (κ2) is 16.5. The van der Waals surface area contributed by atoms with Crippen LogP contribution in [-0.4, -0.2) is 66.6 Å². The van der Waals surface area contributed by atoms with Crippen molar-refractivity contribution in [1.82, 2.24) is 15.5 Å². The molecule has 2 atom stereocenters. The van der Waals surface area contributed by atoms with E-state index in [4.69, 9.17) is 10.5 Å². The number of primary amides is 1. The van der Waals surface area contributed by atoms with Gasteiger partial charge in [0, 0.05) is 42.9 Å². The van der Waals surface area contributed by atoms with Crippen LogP contribution < -0.4 is 21.1 Å². The summed E-state index contributed by atoms with van der Waals surface area (Å²) in [7, 11) is 1.59. The van der Waals surface area contributed by atoms with Gasteiger partial charge in [0.1, 0.15) is 11.6 Å². The Balaban J connectivity index is 1.86. The van der Waals surface area contributed by atoms with Crippen LogP contribution in [-0.2, 0) is 13.0 Å². The molecular formula is C34H43FN4O5. The van der Waals surface area contributed by atoms with Crippen molar-refractivity contribution in [2.24, 2.45) is 5.73 Å². The monoisotopic (exact) mass is 606 g/mol. The van der Waals surface area contributed by atoms with Crippen LogP contribution in [0.25, 0.3) is 0 Å². The third-order valence-corrected chi connectivity index (χ3v) is 7.29. The maximum absolute atomic E-state index is 14.4. The lowest BCUT2D eigenvalue weighted by molar-refractivity contribution is 0.0755. The number of carbonyl (C=O) groups excluding carboxylic acids is 3. The van der Waals surface area contributed by atoms with Crippen LogP contribution in [0.2, 0.25) is 0 Å². The lowest BCUT2D eigenvalue weighted by atomic mass is 9.98. The van der Waals surface area contributed by atoms with Crippen molar-refractivity contribution >= 4 is 17.7 Å². The van der Waals surface area contributed by atoms with E-state index in [9.17, 15) is 23.9 Å². The van der Waals surface area contributed by atoms with Gasteiger partial charge in [-0.05, 0) is 79.3 Å². The van der Waals surface area contributed by atoms with Gasteiger partial charge in [-0.15, -0.1) is 0 Å². The quantitative estimate of drug-likeness (QED) is 0.195. The Bertz CT molecular complexity index is 1440. The fourth-order valence-electron chi connectivity index (χ4n) is 4.90. The summed E-state index contributed by atoms with van der Waals surface area (Å²) in [4.78, 5) is 40.8. The second-order valence-corrected chi connectivity index (χ2v) is 10.9. The molecule has 3 rings (SSSR count). The van der Waals surface area contributed by atoms with E-state index in [1.165, 1.54) is 24.3 Å². The van der Waals surface area contributed by atoms with Crippen LogP contribution in [0.15, 0.2) is 60.7 Å². The molecule has 44 heavy (non-hydrogen) atoms. The number of aryl methyl sites for hydroxylation is 1. The summed E-state index contributed by atoms with van der Waals surface area (Å²) in [5.41, 5.74) is 7.81. The zero-order valence-electron chi connectivity index (χ0n) is 25.9. The van der Waals surface area contributed by atoms with Crippen LogP contribution >= 0.6 is 0 Å². The number of ether oxygens (including phenoxy) is 1. The molecule has 0 unspecified atom stereocenters. The predicted molar refractivity (Wildman–Crippen MR) is 168 cm³/mol. The molecule has 3 amide bonds. The van der Waals surface area contributed by atoms with E-state index in [-0.39, 0.29) is 41.4 Å². The Morgan fingerprint density at radius 1 is 0.955 bits per heavy atom. The Kier molecular flexibility index (Phi) is 12.9. The first-order chi connectivity index (χ1) is 21.1. The summed E-state index contributed by atoms with van der Waals surface area (Å²) in [6.45, 7) is 7.19. The topological polar surface area (TPSA) is 134 Å². The number of benzene rings is 3. The number of hydrogen-bond acceptors (Lipinski definition) is 6. The molecule has 0 aliphatic rings. The third-order valence-electron chi connectivity index (χ3n) is 7.29. The average Bonchev–Trinajstić information content (AvgIpc) is 3.01. The van der Waals surface area contributed by atoms with E-state index in [0.717, 1.165) is 18.4 Å². The number of hydrogen-bond donors (Lipinski definition) is 4. The first-order valence-corrected chi connectivity index (χ1v) is 14.9. The summed E-state index contributed by atoms with van der Waals surface area (Å²) in [6.07, 6.45) is 0.561. The minimum absolute atomic E-state index is 0.0200. The molecule has 0 saturated carbocycles. The number of halogens is 1. The van der Waals surface area contributed by atoms with Crippen LogP contribution in [0.4, 0.5) is 4.39 Å². The fourth-order valence-corrected chi connectivity index (χ4v) is 4.90. The van der Waals surface area contributed by atoms with Crippen LogP contribution in [0.5, 0.6) is 5.75 Å². The molecule has 0 bridgehead atoms. The molecule has 0 aliphatic carbocycles. The molecule has 3 aromatic rings. The number of carbonyl (C=O) groups is 3. The fraction of sp³-hybridized carbons (Fsp3) is 0.382. The number of methoxy groups -OCH3 is 1. The third kappa shape index (κ3) is 9.62. The van der Waals surface area contributed by atoms with Crippen molar-refractivity contribution in [1.29, 1.82) is 0 Å². The van der Waals surface area contributed by atoms with Gasteiger partial charge in [-0.1, -0.05) is 38.1 Å². The van der Waals surface area contributed by atoms with Gasteiger partial charge in [0.2, 0.25) is 5.91 Å². The van der Waals surface area contributed by atoms with Crippen LogP contribution in [0.3, 0.4) is 0 Å². The highest BCUT2D eigenvalue weighted by molar-refractivity contribution is 6.04. The molecule has 3 aromatic carbocycles. The number of amides is 3. The molecule has 0 spiro atoms. The summed E-state index contributed by atoms with van der Waals surface area (Å²) < 4.78 is 19.6. The van der Waals surface area contributed by atoms with Gasteiger partial charge in [0.25, 0.3) is 11.8 Å². The number of aliphatic hydroxyl groups excluding tert-OH is 1. The number of aliphatic hydroxyl groups is 1. The van der Waals surface area contributed by atoms with Crippen molar-refractivity contribution in [3.63, 3.8) is 0 Å². The van der Waals surface area contributed by atoms with E-state index in [2.05, 4.69) is 10.6 Å². The standard InChI is InChI=1S/C34H43FN4O5/c1-5-12-39(13-6-2)34(43)27-18-25(32(36)41)17-26(19-27)33(42)38-30(16-23-11-10-22(3)29(35)15-23)31(40)21-37-20-24-8-7-9-28(14-24)44-4/h7-11,14-15,17-19,30-31,37,40H,5-6,12-13,16,20-21H2,1-4H3,(H2,36,41)(H,38,42)/t30-,31+/m0/s1. The molecule has 0 fully saturated rings. The highest BCUT2D eigenvalue weighted by atomic mass is 19.1. The first-order valence-electron chi connectivity index (χ1n) is 14.9. The van der Waals surface area contributed by atoms with Crippen molar-refractivity contribution < 1.29 is 28.6 Å². The largest absolute Gasteiger partial charge is 0.497 e. The van der Waals surface area contributed by atoms with Crippen molar-refractivity contribution in [3.05, 3.63) is 99.9 Å². The summed E-state index contributed by atoms with van der Waals surface area (Å²) >= 11 is 0. The average molecular weight is 607 g/mol. The Morgan fingerprint density at radius 2 is 1.64 bits per heavy atom. The lowest BCUT2D eigenvalue weighted by Gasteiger charge is -2.25. The van der Waals surface area contributed by atoms with Gasteiger partial charge < -0.3 is 31.1 Å². The van der Waals surface area contributed by atoms with Gasteiger partial charge in [-0.3, -0.25) is 14.4 Å². The van der Waals surface area contributed by atoms with Crippen LogP contribution in [0, 0.1) is 12.7 Å². The van der Waals surface area contributed by atoms with E-state index >= 15 is 0 Å². The molecule has 236 valence electrons. The van der Waals surface area contributed by atoms with E-state index in [1.807, 2.05) is 38.1 Å². The highest BCUT2D eigenvalue weighted by Gasteiger charge is 2.25. The summed E-state index contributed by atoms with van der Waals surface area (Å²) in [6, 6.07) is 15.6. The molecule has 10 heteroatoms. The van der Waals surface area contributed by atoms with Crippen LogP contribution in [0.1, 0.15) is 74.5 Å². The van der Waals surface area contributed by atoms with E-state index in [1.54, 1.807) is 31.1 Å². The Labute approximate surface area is 258 Å². The minimum Gasteiger partial charge on any atom is -0.497 e. The zero-order valence-corrected chi connectivity index (χ0v) is 25.9. The Morgan fingerprint density at radius 3 is 2.27 bits per heavy atom. The van der Waals surface area contributed by atoms with Crippen molar-refractivity contribution in [2.75, 3.05) is 26.7 Å². The van der Waals surface area contributed by atoms with Gasteiger partial charge in [0.15, 0.2) is 0 Å². The van der Waals surface area contributed by atoms with Gasteiger partial charge >= 0.3 is 0 Å². The highest BCUT2D eigenvalue weighted by Crippen LogP contribution is 2.17. The summed E-state index contributed by atoms with van der Waals surface area (Å²) in [5, 5.41) is 17.3. The van der Waals surface area contributed by atoms with Crippen molar-refractivity contribution in [3.8, 4) is 5.75 Å². The molecule has 0 heterocycles. The number of nitrogens with two attached hydrogens (primary N) is 1. The van der Waals surface area contributed by atoms with Gasteiger partial charge in [-0.2, -0.15) is 0 Å². The molecule has 0 radical (unpaired) electrons. The maximum atomic E-state index is 14.4. The maximum Gasteiger partial charge on any atom is 0.253 e. The first kappa shape index (κ1) is 34.2. The molecule has 0 aliphatic heterocycles. The SMILES string of the molecule is CCCN(CCC)C(=O)c1cc(C(N)=O)cc(C(=O)N[C@@H](Cc2ccc(C)c(F)c2)[C@H](O)CNCc2cccc(OC)c2)c1. The smallest absolute Gasteiger partial charge is 0.253 e.